The maximum Gasteiger partial charge on any atom is 0.230 e. The van der Waals surface area contributed by atoms with E-state index in [1.54, 1.807) is 12.4 Å². The Balaban J connectivity index is 1.64. The largest absolute Gasteiger partial charge is 0.355 e. The van der Waals surface area contributed by atoms with E-state index < -0.39 is 11.6 Å². The molecule has 1 aromatic heterocycles. The summed E-state index contributed by atoms with van der Waals surface area (Å²) in [5.74, 6) is 0.454. The minimum Gasteiger partial charge on any atom is -0.355 e. The lowest BCUT2D eigenvalue weighted by atomic mass is 10.1. The van der Waals surface area contributed by atoms with Crippen molar-refractivity contribution in [2.75, 3.05) is 12.3 Å². The summed E-state index contributed by atoms with van der Waals surface area (Å²) in [4.78, 5) is 18.6. The molecule has 0 saturated carbocycles. The van der Waals surface area contributed by atoms with Crippen LogP contribution in [0.4, 0.5) is 8.78 Å². The molecule has 1 amide bonds. The summed E-state index contributed by atoms with van der Waals surface area (Å²) in [7, 11) is 0. The minimum atomic E-state index is -0.606. The van der Waals surface area contributed by atoms with Gasteiger partial charge in [-0.15, -0.1) is 11.8 Å². The van der Waals surface area contributed by atoms with Crippen molar-refractivity contribution in [2.24, 2.45) is 0 Å². The second-order valence-corrected chi connectivity index (χ2v) is 5.39. The number of halogens is 2. The molecule has 0 aliphatic rings. The molecular weight excluding hydrogens is 296 g/mol. The molecule has 0 saturated heterocycles. The molecule has 1 heterocycles. The van der Waals surface area contributed by atoms with Crippen molar-refractivity contribution >= 4 is 17.7 Å². The third kappa shape index (κ3) is 5.55. The van der Waals surface area contributed by atoms with Crippen molar-refractivity contribution in [3.8, 4) is 0 Å². The number of aromatic amines is 1. The van der Waals surface area contributed by atoms with Crippen molar-refractivity contribution in [1.29, 1.82) is 0 Å². The van der Waals surface area contributed by atoms with Crippen molar-refractivity contribution in [1.82, 2.24) is 15.3 Å². The number of nitrogens with zero attached hydrogens (tertiary/aromatic N) is 1. The molecule has 0 bridgehead atoms. The van der Waals surface area contributed by atoms with Crippen molar-refractivity contribution < 1.29 is 13.6 Å². The molecule has 0 radical (unpaired) electrons. The Bertz CT molecular complexity index is 570. The first-order valence-electron chi connectivity index (χ1n) is 6.41. The Morgan fingerprint density at radius 1 is 1.29 bits per heavy atom. The molecule has 0 atom stereocenters. The van der Waals surface area contributed by atoms with Gasteiger partial charge in [-0.2, -0.15) is 0 Å². The third-order valence-corrected chi connectivity index (χ3v) is 3.63. The number of carbonyl (C=O) groups is 1. The van der Waals surface area contributed by atoms with E-state index in [1.165, 1.54) is 23.9 Å². The fourth-order valence-electron chi connectivity index (χ4n) is 1.77. The molecule has 2 aromatic rings. The number of carbonyl (C=O) groups excluding carboxylic acids is 1. The number of nitrogens with one attached hydrogen (secondary N) is 2. The van der Waals surface area contributed by atoms with Crippen molar-refractivity contribution in [2.45, 2.75) is 12.2 Å². The zero-order valence-corrected chi connectivity index (χ0v) is 12.1. The van der Waals surface area contributed by atoms with Crippen LogP contribution in [0.1, 0.15) is 11.4 Å². The first-order valence-corrected chi connectivity index (χ1v) is 7.56. The van der Waals surface area contributed by atoms with Gasteiger partial charge in [0.1, 0.15) is 17.5 Å². The normalized spacial score (nSPS) is 10.6. The Morgan fingerprint density at radius 2 is 2.05 bits per heavy atom. The summed E-state index contributed by atoms with van der Waals surface area (Å²) >= 11 is 1.44. The summed E-state index contributed by atoms with van der Waals surface area (Å²) in [5, 5.41) is 2.71. The van der Waals surface area contributed by atoms with Crippen LogP contribution in [0.3, 0.4) is 0 Å². The van der Waals surface area contributed by atoms with Gasteiger partial charge in [0.15, 0.2) is 0 Å². The first-order chi connectivity index (χ1) is 10.1. The molecule has 112 valence electrons. The van der Waals surface area contributed by atoms with Crippen LogP contribution in [-0.4, -0.2) is 28.2 Å². The summed E-state index contributed by atoms with van der Waals surface area (Å²) in [6, 6.07) is 3.36. The van der Waals surface area contributed by atoms with Gasteiger partial charge in [-0.3, -0.25) is 4.79 Å². The number of hydrogen-bond donors (Lipinski definition) is 2. The van der Waals surface area contributed by atoms with E-state index in [0.717, 1.165) is 11.9 Å². The zero-order valence-electron chi connectivity index (χ0n) is 11.2. The Kier molecular flexibility index (Phi) is 5.74. The van der Waals surface area contributed by atoms with Gasteiger partial charge in [-0.1, -0.05) is 0 Å². The molecule has 1 aromatic carbocycles. The average Bonchev–Trinajstić information content (AvgIpc) is 2.91. The number of amides is 1. The number of aromatic nitrogens is 2. The number of H-pyrrole nitrogens is 1. The smallest absolute Gasteiger partial charge is 0.230 e. The number of thioether (sulfide) groups is 1. The third-order valence-electron chi connectivity index (χ3n) is 2.68. The van der Waals surface area contributed by atoms with E-state index in [4.69, 9.17) is 0 Å². The average molecular weight is 311 g/mol. The predicted octanol–water partition coefficient (Wildman–Crippen LogP) is 2.28. The van der Waals surface area contributed by atoms with E-state index in [-0.39, 0.29) is 5.91 Å². The molecule has 2 N–H and O–H groups in total. The van der Waals surface area contributed by atoms with Gasteiger partial charge in [0.05, 0.1) is 11.5 Å². The molecule has 0 spiro atoms. The molecule has 0 aliphatic carbocycles. The van der Waals surface area contributed by atoms with Crippen molar-refractivity contribution in [3.05, 3.63) is 53.6 Å². The SMILES string of the molecule is O=C(CSCc1ncc[nH]1)NCCc1cc(F)cc(F)c1. The molecule has 2 rings (SSSR count). The fraction of sp³-hybridized carbons (Fsp3) is 0.286. The maximum absolute atomic E-state index is 13.0. The minimum absolute atomic E-state index is 0.108. The highest BCUT2D eigenvalue weighted by Crippen LogP contribution is 2.09. The maximum atomic E-state index is 13.0. The lowest BCUT2D eigenvalue weighted by molar-refractivity contribution is -0.118. The van der Waals surface area contributed by atoms with Crippen molar-refractivity contribution in [3.63, 3.8) is 0 Å². The van der Waals surface area contributed by atoms with Crippen LogP contribution in [0.15, 0.2) is 30.6 Å². The zero-order chi connectivity index (χ0) is 15.1. The molecule has 7 heteroatoms. The van der Waals surface area contributed by atoms with E-state index in [9.17, 15) is 13.6 Å². The monoisotopic (exact) mass is 311 g/mol. The predicted molar refractivity (Wildman–Crippen MR) is 77.8 cm³/mol. The quantitative estimate of drug-likeness (QED) is 0.825. The molecule has 0 fully saturated rings. The standard InChI is InChI=1S/C14H15F2N3OS/c15-11-5-10(6-12(16)7-11)1-2-19-14(20)9-21-8-13-17-3-4-18-13/h3-7H,1-2,8-9H2,(H,17,18)(H,19,20). The van der Waals surface area contributed by atoms with Gasteiger partial charge in [0.25, 0.3) is 0 Å². The van der Waals surface area contributed by atoms with Gasteiger partial charge in [-0.25, -0.2) is 13.8 Å². The Labute approximate surface area is 125 Å². The summed E-state index contributed by atoms with van der Waals surface area (Å²) in [5.41, 5.74) is 0.524. The summed E-state index contributed by atoms with van der Waals surface area (Å²) in [6.07, 6.45) is 3.78. The molecule has 4 nitrogen and oxygen atoms in total. The van der Waals surface area contributed by atoms with Gasteiger partial charge in [0, 0.05) is 25.0 Å². The summed E-state index contributed by atoms with van der Waals surface area (Å²) in [6.45, 7) is 0.350. The van der Waals surface area contributed by atoms with Crippen LogP contribution < -0.4 is 5.32 Å². The lowest BCUT2D eigenvalue weighted by Crippen LogP contribution is -2.27. The van der Waals surface area contributed by atoms with Crippen LogP contribution in [0.2, 0.25) is 0 Å². The van der Waals surface area contributed by atoms with E-state index in [2.05, 4.69) is 15.3 Å². The Hall–Kier alpha value is -1.89. The fourth-order valence-corrected chi connectivity index (χ4v) is 2.51. The number of rotatable bonds is 7. The van der Waals surface area contributed by atoms with E-state index in [1.807, 2.05) is 0 Å². The highest BCUT2D eigenvalue weighted by molar-refractivity contribution is 7.99. The lowest BCUT2D eigenvalue weighted by Gasteiger charge is -2.05. The van der Waals surface area contributed by atoms with Gasteiger partial charge >= 0.3 is 0 Å². The van der Waals surface area contributed by atoms with Gasteiger partial charge in [-0.05, 0) is 24.1 Å². The van der Waals surface area contributed by atoms with Gasteiger partial charge < -0.3 is 10.3 Å². The van der Waals surface area contributed by atoms with E-state index in [0.29, 0.717) is 30.0 Å². The van der Waals surface area contributed by atoms with Crippen LogP contribution in [0.5, 0.6) is 0 Å². The second kappa shape index (κ2) is 7.78. The Morgan fingerprint density at radius 3 is 2.71 bits per heavy atom. The molecular formula is C14H15F2N3OS. The molecule has 0 unspecified atom stereocenters. The topological polar surface area (TPSA) is 57.8 Å². The highest BCUT2D eigenvalue weighted by atomic mass is 32.2. The summed E-state index contributed by atoms with van der Waals surface area (Å²) < 4.78 is 26.0. The van der Waals surface area contributed by atoms with Gasteiger partial charge in [0.2, 0.25) is 5.91 Å². The van der Waals surface area contributed by atoms with E-state index >= 15 is 0 Å². The molecule has 21 heavy (non-hydrogen) atoms. The number of benzene rings is 1. The van der Waals surface area contributed by atoms with Crippen LogP contribution in [0, 0.1) is 11.6 Å². The van der Waals surface area contributed by atoms with Crippen LogP contribution in [0.25, 0.3) is 0 Å². The number of hydrogen-bond acceptors (Lipinski definition) is 3. The second-order valence-electron chi connectivity index (χ2n) is 4.41. The first kappa shape index (κ1) is 15.5. The molecule has 0 aliphatic heterocycles. The van der Waals surface area contributed by atoms with Crippen LogP contribution in [-0.2, 0) is 17.0 Å². The van der Waals surface area contributed by atoms with Crippen LogP contribution >= 0.6 is 11.8 Å². The highest BCUT2D eigenvalue weighted by Gasteiger charge is 2.04. The number of imidazole rings is 1.